The molecule has 2 aliphatic heterocycles. The third-order valence-electron chi connectivity index (χ3n) is 4.44. The molecule has 0 saturated heterocycles. The zero-order valence-corrected chi connectivity index (χ0v) is 13.6. The number of aliphatic imine (C=N–C) groups is 1. The third kappa shape index (κ3) is 2.13. The van der Waals surface area contributed by atoms with E-state index in [1.165, 1.54) is 0 Å². The van der Waals surface area contributed by atoms with E-state index in [4.69, 9.17) is 11.6 Å². The molecule has 6 nitrogen and oxygen atoms in total. The van der Waals surface area contributed by atoms with Crippen molar-refractivity contribution >= 4 is 29.3 Å². The minimum Gasteiger partial charge on any atom is -0.339 e. The molecular formula is C16H16ClN5O. The first-order valence-corrected chi connectivity index (χ1v) is 7.91. The van der Waals surface area contributed by atoms with E-state index in [0.29, 0.717) is 29.0 Å². The molecule has 2 aromatic rings. The van der Waals surface area contributed by atoms with Gasteiger partial charge in [0.2, 0.25) is 5.96 Å². The average Bonchev–Trinajstić information content (AvgIpc) is 3.12. The Balaban J connectivity index is 1.77. The van der Waals surface area contributed by atoms with E-state index in [0.717, 1.165) is 5.56 Å². The first-order valence-electron chi connectivity index (χ1n) is 7.53. The van der Waals surface area contributed by atoms with Gasteiger partial charge in [-0.2, -0.15) is 0 Å². The van der Waals surface area contributed by atoms with Gasteiger partial charge in [-0.15, -0.1) is 0 Å². The van der Waals surface area contributed by atoms with Gasteiger partial charge < -0.3 is 4.98 Å². The highest BCUT2D eigenvalue weighted by molar-refractivity contribution is 6.30. The van der Waals surface area contributed by atoms with Crippen molar-refractivity contribution in [3.05, 3.63) is 46.9 Å². The van der Waals surface area contributed by atoms with Gasteiger partial charge in [-0.1, -0.05) is 23.7 Å². The van der Waals surface area contributed by atoms with E-state index in [2.05, 4.69) is 15.0 Å². The van der Waals surface area contributed by atoms with E-state index in [-0.39, 0.29) is 18.0 Å². The number of benzene rings is 1. The number of aromatic nitrogens is 2. The number of halogens is 1. The second-order valence-electron chi connectivity index (χ2n) is 5.90. The Morgan fingerprint density at radius 3 is 2.74 bits per heavy atom. The molecule has 3 heterocycles. The molecule has 23 heavy (non-hydrogen) atoms. The van der Waals surface area contributed by atoms with Gasteiger partial charge in [0.15, 0.2) is 5.82 Å². The number of imidazole rings is 1. The first kappa shape index (κ1) is 14.3. The molecular weight excluding hydrogens is 314 g/mol. The minimum absolute atomic E-state index is 0.0293. The van der Waals surface area contributed by atoms with Crippen LogP contribution in [0, 0.1) is 0 Å². The lowest BCUT2D eigenvalue weighted by atomic mass is 10.1. The second kappa shape index (κ2) is 5.09. The lowest BCUT2D eigenvalue weighted by Crippen LogP contribution is -2.52. The molecule has 118 valence electrons. The molecule has 0 unspecified atom stereocenters. The summed E-state index contributed by atoms with van der Waals surface area (Å²) in [6.07, 6.45) is 1.55. The van der Waals surface area contributed by atoms with Crippen LogP contribution in [0.15, 0.2) is 35.6 Å². The highest BCUT2D eigenvalue weighted by Gasteiger charge is 2.44. The topological polar surface area (TPSA) is 64.6 Å². The predicted molar refractivity (Wildman–Crippen MR) is 88.8 cm³/mol. The van der Waals surface area contributed by atoms with Crippen molar-refractivity contribution < 1.29 is 4.79 Å². The average molecular weight is 330 g/mol. The molecule has 0 radical (unpaired) electrons. The van der Waals surface area contributed by atoms with Gasteiger partial charge in [0.25, 0.3) is 5.91 Å². The fraction of sp³-hybridized carbons (Fsp3) is 0.312. The van der Waals surface area contributed by atoms with E-state index >= 15 is 0 Å². The largest absolute Gasteiger partial charge is 0.339 e. The molecule has 4 rings (SSSR count). The lowest BCUT2D eigenvalue weighted by molar-refractivity contribution is 0.0803. The number of aromatic amines is 1. The van der Waals surface area contributed by atoms with Crippen LogP contribution >= 0.6 is 11.6 Å². The van der Waals surface area contributed by atoms with Crippen LogP contribution in [0.4, 0.5) is 5.82 Å². The van der Waals surface area contributed by atoms with Crippen LogP contribution < -0.4 is 4.90 Å². The van der Waals surface area contributed by atoms with Crippen LogP contribution in [0.3, 0.4) is 0 Å². The fourth-order valence-corrected chi connectivity index (χ4v) is 3.13. The summed E-state index contributed by atoms with van der Waals surface area (Å²) in [5, 5.41) is 0.699. The molecule has 1 N–H and O–H groups in total. The molecule has 0 aliphatic carbocycles. The number of hydrogen-bond donors (Lipinski definition) is 1. The summed E-state index contributed by atoms with van der Waals surface area (Å²) >= 11 is 5.96. The van der Waals surface area contributed by atoms with E-state index in [1.54, 1.807) is 11.2 Å². The molecule has 7 heteroatoms. The molecule has 2 aliphatic rings. The molecule has 0 saturated carbocycles. The Hall–Kier alpha value is -2.34. The lowest BCUT2D eigenvalue weighted by Gasteiger charge is -2.35. The van der Waals surface area contributed by atoms with Crippen molar-refractivity contribution in [3.8, 4) is 0 Å². The summed E-state index contributed by atoms with van der Waals surface area (Å²) in [5.74, 6) is 1.23. The van der Waals surface area contributed by atoms with Gasteiger partial charge in [-0.25, -0.2) is 9.98 Å². The zero-order chi connectivity index (χ0) is 16.1. The number of anilines is 1. The van der Waals surface area contributed by atoms with Crippen LogP contribution in [-0.4, -0.2) is 38.8 Å². The number of amides is 1. The normalized spacial score (nSPS) is 22.9. The zero-order valence-electron chi connectivity index (χ0n) is 12.8. The maximum absolute atomic E-state index is 12.7. The van der Waals surface area contributed by atoms with Gasteiger partial charge in [0, 0.05) is 5.02 Å². The van der Waals surface area contributed by atoms with Crippen molar-refractivity contribution in [2.24, 2.45) is 4.99 Å². The Kier molecular flexibility index (Phi) is 3.16. The van der Waals surface area contributed by atoms with E-state index < -0.39 is 0 Å². The van der Waals surface area contributed by atoms with Crippen molar-refractivity contribution in [1.29, 1.82) is 0 Å². The van der Waals surface area contributed by atoms with Crippen LogP contribution in [0.5, 0.6) is 0 Å². The van der Waals surface area contributed by atoms with E-state index in [9.17, 15) is 4.79 Å². The van der Waals surface area contributed by atoms with Gasteiger partial charge >= 0.3 is 0 Å². The van der Waals surface area contributed by atoms with Gasteiger partial charge in [-0.05, 0) is 31.5 Å². The summed E-state index contributed by atoms with van der Waals surface area (Å²) in [6, 6.07) is 7.75. The number of guanidine groups is 1. The quantitative estimate of drug-likeness (QED) is 0.921. The standard InChI is InChI=1S/C16H16ClN5O/c1-9-10(2)22-15(23)13-14(19-8-18-13)21(16(22)20-9)7-11-3-5-12(17)6-4-11/h3-6,8-10H,7H2,1-2H3,(H,18,19)/t9-,10+/m1/s1. The summed E-state index contributed by atoms with van der Waals surface area (Å²) < 4.78 is 0. The number of H-pyrrole nitrogens is 1. The number of fused-ring (bicyclic) bond motifs is 2. The second-order valence-corrected chi connectivity index (χ2v) is 6.34. The molecule has 0 fully saturated rings. The smallest absolute Gasteiger partial charge is 0.281 e. The highest BCUT2D eigenvalue weighted by atomic mass is 35.5. The Bertz CT molecular complexity index is 797. The van der Waals surface area contributed by atoms with Crippen molar-refractivity contribution in [1.82, 2.24) is 14.9 Å². The SMILES string of the molecule is C[C@H]1N=C2N(Cc3ccc(Cl)cc3)c3nc[nH]c3C(=O)N2[C@H]1C. The molecule has 1 amide bonds. The van der Waals surface area contributed by atoms with Crippen LogP contribution in [0.2, 0.25) is 5.02 Å². The van der Waals surface area contributed by atoms with Gasteiger partial charge in [-0.3, -0.25) is 14.6 Å². The molecule has 1 aromatic carbocycles. The Morgan fingerprint density at radius 2 is 2.00 bits per heavy atom. The van der Waals surface area contributed by atoms with Crippen LogP contribution in [0.1, 0.15) is 29.9 Å². The van der Waals surface area contributed by atoms with E-state index in [1.807, 2.05) is 43.0 Å². The molecule has 2 atom stereocenters. The van der Waals surface area contributed by atoms with Crippen molar-refractivity contribution in [2.75, 3.05) is 4.90 Å². The number of rotatable bonds is 2. The van der Waals surface area contributed by atoms with Gasteiger partial charge in [0.1, 0.15) is 5.69 Å². The van der Waals surface area contributed by atoms with Crippen molar-refractivity contribution in [2.45, 2.75) is 32.5 Å². The first-order chi connectivity index (χ1) is 11.1. The summed E-state index contributed by atoms with van der Waals surface area (Å²) in [4.78, 5) is 28.4. The predicted octanol–water partition coefficient (Wildman–Crippen LogP) is 2.67. The number of nitrogens with zero attached hydrogens (tertiary/aromatic N) is 4. The van der Waals surface area contributed by atoms with Crippen LogP contribution in [-0.2, 0) is 6.54 Å². The highest BCUT2D eigenvalue weighted by Crippen LogP contribution is 2.32. The summed E-state index contributed by atoms with van der Waals surface area (Å²) in [7, 11) is 0. The molecule has 0 spiro atoms. The number of nitrogens with one attached hydrogen (secondary N) is 1. The third-order valence-corrected chi connectivity index (χ3v) is 4.69. The fourth-order valence-electron chi connectivity index (χ4n) is 3.01. The Morgan fingerprint density at radius 1 is 1.26 bits per heavy atom. The maximum Gasteiger partial charge on any atom is 0.281 e. The summed E-state index contributed by atoms with van der Waals surface area (Å²) in [5.41, 5.74) is 1.59. The minimum atomic E-state index is -0.0690. The maximum atomic E-state index is 12.7. The summed E-state index contributed by atoms with van der Waals surface area (Å²) in [6.45, 7) is 4.61. The molecule has 1 aromatic heterocycles. The van der Waals surface area contributed by atoms with Crippen molar-refractivity contribution in [3.63, 3.8) is 0 Å². The van der Waals surface area contributed by atoms with Gasteiger partial charge in [0.05, 0.1) is 25.0 Å². The number of carbonyl (C=O) groups is 1. The molecule has 0 bridgehead atoms. The van der Waals surface area contributed by atoms with Crippen LogP contribution in [0.25, 0.3) is 0 Å². The monoisotopic (exact) mass is 329 g/mol. The Labute approximate surface area is 138 Å². The number of carbonyl (C=O) groups excluding carboxylic acids is 1. The number of hydrogen-bond acceptors (Lipinski definition) is 4.